The van der Waals surface area contributed by atoms with Gasteiger partial charge < -0.3 is 14.2 Å². The van der Waals surface area contributed by atoms with Gasteiger partial charge in [-0.1, -0.05) is 82.7 Å². The van der Waals surface area contributed by atoms with Crippen LogP contribution >= 0.6 is 0 Å². The first-order chi connectivity index (χ1) is 11.7. The van der Waals surface area contributed by atoms with Gasteiger partial charge in [-0.05, 0) is 18.4 Å². The molecule has 3 nitrogen and oxygen atoms in total. The summed E-state index contributed by atoms with van der Waals surface area (Å²) in [6.07, 6.45) is 9.48. The van der Waals surface area contributed by atoms with Gasteiger partial charge in [0, 0.05) is 21.3 Å². The van der Waals surface area contributed by atoms with Gasteiger partial charge in [0.25, 0.3) is 5.97 Å². The Kier molecular flexibility index (Phi) is 9.57. The number of benzene rings is 1. The number of hydrogen-bond donors (Lipinski definition) is 0. The van der Waals surface area contributed by atoms with Crippen molar-refractivity contribution in [3.63, 3.8) is 0 Å². The third kappa shape index (κ3) is 4.59. The van der Waals surface area contributed by atoms with E-state index in [2.05, 4.69) is 38.1 Å². The summed E-state index contributed by atoms with van der Waals surface area (Å²) in [5.74, 6) is -1.06. The molecule has 1 rings (SSSR count). The van der Waals surface area contributed by atoms with Gasteiger partial charge in [-0.25, -0.2) is 0 Å². The van der Waals surface area contributed by atoms with Crippen molar-refractivity contribution in [2.75, 3.05) is 21.3 Å². The van der Waals surface area contributed by atoms with Crippen LogP contribution in [0.2, 0.25) is 0 Å². The zero-order valence-electron chi connectivity index (χ0n) is 16.3. The van der Waals surface area contributed by atoms with Crippen molar-refractivity contribution < 1.29 is 14.2 Å². The molecule has 0 aliphatic carbocycles. The minimum Gasteiger partial charge on any atom is -0.330 e. The minimum atomic E-state index is -1.06. The van der Waals surface area contributed by atoms with Crippen LogP contribution in [0.25, 0.3) is 0 Å². The van der Waals surface area contributed by atoms with E-state index in [1.807, 2.05) is 6.07 Å². The molecule has 0 aliphatic heterocycles. The third-order valence-electron chi connectivity index (χ3n) is 5.28. The fourth-order valence-corrected chi connectivity index (χ4v) is 3.87. The van der Waals surface area contributed by atoms with E-state index in [0.717, 1.165) is 19.3 Å². The Bertz CT molecular complexity index is 420. The van der Waals surface area contributed by atoms with Gasteiger partial charge in [0.15, 0.2) is 0 Å². The van der Waals surface area contributed by atoms with E-state index in [9.17, 15) is 0 Å². The highest BCUT2D eigenvalue weighted by molar-refractivity contribution is 5.28. The summed E-state index contributed by atoms with van der Waals surface area (Å²) in [6.45, 7) is 4.44. The molecule has 24 heavy (non-hydrogen) atoms. The first-order valence-corrected chi connectivity index (χ1v) is 9.37. The van der Waals surface area contributed by atoms with Gasteiger partial charge in [-0.15, -0.1) is 0 Å². The topological polar surface area (TPSA) is 27.7 Å². The van der Waals surface area contributed by atoms with E-state index >= 15 is 0 Å². The Balaban J connectivity index is 3.02. The van der Waals surface area contributed by atoms with Crippen LogP contribution in [0.1, 0.15) is 70.8 Å². The van der Waals surface area contributed by atoms with Crippen molar-refractivity contribution in [2.24, 2.45) is 0 Å². The SMILES string of the molecule is CCCCCCCCC(CC)(c1ccccc1)C(OC)(OC)OC. The smallest absolute Gasteiger partial charge is 0.292 e. The van der Waals surface area contributed by atoms with Gasteiger partial charge in [0.05, 0.1) is 5.41 Å². The van der Waals surface area contributed by atoms with Crippen LogP contribution in [0, 0.1) is 0 Å². The molecule has 1 aromatic rings. The summed E-state index contributed by atoms with van der Waals surface area (Å²) in [4.78, 5) is 0. The van der Waals surface area contributed by atoms with Crippen molar-refractivity contribution in [3.8, 4) is 0 Å². The lowest BCUT2D eigenvalue weighted by atomic mass is 9.71. The first kappa shape index (κ1) is 21.1. The van der Waals surface area contributed by atoms with Crippen LogP contribution in [0.3, 0.4) is 0 Å². The Morgan fingerprint density at radius 3 is 1.79 bits per heavy atom. The predicted octanol–water partition coefficient (Wildman–Crippen LogP) is 5.68. The van der Waals surface area contributed by atoms with Gasteiger partial charge >= 0.3 is 0 Å². The van der Waals surface area contributed by atoms with Crippen molar-refractivity contribution in [2.45, 2.75) is 76.6 Å². The average Bonchev–Trinajstić information content (AvgIpc) is 2.65. The summed E-state index contributed by atoms with van der Waals surface area (Å²) < 4.78 is 17.4. The van der Waals surface area contributed by atoms with Gasteiger partial charge in [0.2, 0.25) is 0 Å². The molecule has 0 aliphatic rings. The number of rotatable bonds is 13. The molecule has 0 radical (unpaired) electrons. The minimum absolute atomic E-state index is 0.322. The summed E-state index contributed by atoms with van der Waals surface area (Å²) in [6, 6.07) is 10.5. The Labute approximate surface area is 148 Å². The Morgan fingerprint density at radius 2 is 1.29 bits per heavy atom. The molecule has 1 atom stereocenters. The molecule has 1 aromatic carbocycles. The van der Waals surface area contributed by atoms with E-state index in [1.165, 1.54) is 37.7 Å². The lowest BCUT2D eigenvalue weighted by Crippen LogP contribution is -2.55. The van der Waals surface area contributed by atoms with E-state index in [-0.39, 0.29) is 5.41 Å². The molecule has 0 N–H and O–H groups in total. The molecule has 0 amide bonds. The molecule has 138 valence electrons. The highest BCUT2D eigenvalue weighted by atomic mass is 16.9. The lowest BCUT2D eigenvalue weighted by Gasteiger charge is -2.47. The second-order valence-electron chi connectivity index (χ2n) is 6.49. The maximum absolute atomic E-state index is 5.80. The van der Waals surface area contributed by atoms with Crippen molar-refractivity contribution >= 4 is 0 Å². The molecule has 0 saturated carbocycles. The molecule has 0 saturated heterocycles. The summed E-state index contributed by atoms with van der Waals surface area (Å²) >= 11 is 0. The van der Waals surface area contributed by atoms with Crippen LogP contribution < -0.4 is 0 Å². The summed E-state index contributed by atoms with van der Waals surface area (Å²) in [7, 11) is 5.00. The maximum Gasteiger partial charge on any atom is 0.292 e. The Morgan fingerprint density at radius 1 is 0.750 bits per heavy atom. The number of hydrogen-bond acceptors (Lipinski definition) is 3. The summed E-state index contributed by atoms with van der Waals surface area (Å²) in [5, 5.41) is 0. The highest BCUT2D eigenvalue weighted by Gasteiger charge is 2.53. The largest absolute Gasteiger partial charge is 0.330 e. The number of unbranched alkanes of at least 4 members (excludes halogenated alkanes) is 5. The van der Waals surface area contributed by atoms with Crippen LogP contribution in [0.4, 0.5) is 0 Å². The molecule has 0 heterocycles. The predicted molar refractivity (Wildman–Crippen MR) is 100 cm³/mol. The molecule has 3 heteroatoms. The second-order valence-corrected chi connectivity index (χ2v) is 6.49. The van der Waals surface area contributed by atoms with Crippen molar-refractivity contribution in [3.05, 3.63) is 35.9 Å². The number of ether oxygens (including phenoxy) is 3. The monoisotopic (exact) mass is 336 g/mol. The molecular weight excluding hydrogens is 300 g/mol. The second kappa shape index (κ2) is 10.9. The standard InChI is InChI=1S/C21H36O3/c1-6-8-9-10-11-15-18-20(7-2,19-16-13-12-14-17-19)21(22-3,23-4)24-5/h12-14,16-17H,6-11,15,18H2,1-5H3. The molecule has 1 unspecified atom stereocenters. The van der Waals surface area contributed by atoms with E-state index < -0.39 is 5.97 Å². The highest BCUT2D eigenvalue weighted by Crippen LogP contribution is 2.46. The fourth-order valence-electron chi connectivity index (χ4n) is 3.87. The third-order valence-corrected chi connectivity index (χ3v) is 5.28. The van der Waals surface area contributed by atoms with Crippen LogP contribution in [0.5, 0.6) is 0 Å². The molecule has 0 bridgehead atoms. The van der Waals surface area contributed by atoms with Crippen LogP contribution in [-0.4, -0.2) is 27.3 Å². The van der Waals surface area contributed by atoms with Gasteiger partial charge in [-0.2, -0.15) is 0 Å². The number of methoxy groups -OCH3 is 3. The van der Waals surface area contributed by atoms with Crippen molar-refractivity contribution in [1.29, 1.82) is 0 Å². The molecule has 0 fully saturated rings. The van der Waals surface area contributed by atoms with Gasteiger partial charge in [-0.3, -0.25) is 0 Å². The van der Waals surface area contributed by atoms with Crippen molar-refractivity contribution in [1.82, 2.24) is 0 Å². The Hall–Kier alpha value is -0.900. The van der Waals surface area contributed by atoms with E-state index in [1.54, 1.807) is 21.3 Å². The first-order valence-electron chi connectivity index (χ1n) is 9.37. The quantitative estimate of drug-likeness (QED) is 0.343. The molecule has 0 spiro atoms. The average molecular weight is 337 g/mol. The zero-order chi connectivity index (χ0) is 17.9. The normalized spacial score (nSPS) is 14.5. The maximum atomic E-state index is 5.80. The fraction of sp³-hybridized carbons (Fsp3) is 0.714. The zero-order valence-corrected chi connectivity index (χ0v) is 16.3. The summed E-state index contributed by atoms with van der Waals surface area (Å²) in [5.41, 5.74) is 0.892. The molecular formula is C21H36O3. The van der Waals surface area contributed by atoms with E-state index in [0.29, 0.717) is 0 Å². The van der Waals surface area contributed by atoms with Crippen LogP contribution in [0.15, 0.2) is 30.3 Å². The van der Waals surface area contributed by atoms with Gasteiger partial charge in [0.1, 0.15) is 0 Å². The molecule has 0 aromatic heterocycles. The van der Waals surface area contributed by atoms with Crippen LogP contribution in [-0.2, 0) is 19.6 Å². The lowest BCUT2D eigenvalue weighted by molar-refractivity contribution is -0.389. The van der Waals surface area contributed by atoms with E-state index in [4.69, 9.17) is 14.2 Å².